The first-order chi connectivity index (χ1) is 17.1. The highest BCUT2D eigenvalue weighted by molar-refractivity contribution is 7.15. The van der Waals surface area contributed by atoms with Gasteiger partial charge in [-0.05, 0) is 69.3 Å². The highest BCUT2D eigenvalue weighted by Crippen LogP contribution is 2.28. The third-order valence-electron chi connectivity index (χ3n) is 7.25. The van der Waals surface area contributed by atoms with Crippen LogP contribution in [0.15, 0.2) is 24.3 Å². The number of nitrogens with zero attached hydrogens (tertiary/aromatic N) is 4. The van der Waals surface area contributed by atoms with Gasteiger partial charge < -0.3 is 15.0 Å². The first kappa shape index (κ1) is 24.3. The molecule has 3 saturated heterocycles. The molecule has 5 rings (SSSR count). The number of nitrogens with one attached hydrogen (secondary N) is 1. The summed E-state index contributed by atoms with van der Waals surface area (Å²) < 4.78 is 5.78. The summed E-state index contributed by atoms with van der Waals surface area (Å²) in [6, 6.07) is 8.21. The van der Waals surface area contributed by atoms with E-state index < -0.39 is 5.92 Å². The molecule has 3 aliphatic rings. The van der Waals surface area contributed by atoms with Crippen molar-refractivity contribution in [2.45, 2.75) is 70.4 Å². The SMILES string of the molecule is O=C(Nc1nnc(CCC2CCCCO2)s1)[C@H]1CC(=O)N(c2ccc(CN3CCCCC3)cc2)C1. The molecule has 3 aliphatic heterocycles. The van der Waals surface area contributed by atoms with E-state index in [1.165, 1.54) is 42.6 Å². The molecule has 0 aliphatic carbocycles. The van der Waals surface area contributed by atoms with E-state index in [4.69, 9.17) is 4.74 Å². The average molecular weight is 498 g/mol. The Morgan fingerprint density at radius 2 is 1.91 bits per heavy atom. The molecule has 0 saturated carbocycles. The predicted molar refractivity (Wildman–Crippen MR) is 136 cm³/mol. The molecule has 35 heavy (non-hydrogen) atoms. The summed E-state index contributed by atoms with van der Waals surface area (Å²) in [5.41, 5.74) is 2.12. The van der Waals surface area contributed by atoms with Gasteiger partial charge in [0, 0.05) is 38.2 Å². The van der Waals surface area contributed by atoms with Crippen LogP contribution < -0.4 is 10.2 Å². The Kier molecular flexibility index (Phi) is 8.06. The van der Waals surface area contributed by atoms with E-state index in [0.717, 1.165) is 62.6 Å². The molecular formula is C26H35N5O3S. The number of aromatic nitrogens is 2. The van der Waals surface area contributed by atoms with Crippen LogP contribution in [0.5, 0.6) is 0 Å². The van der Waals surface area contributed by atoms with Gasteiger partial charge in [0.15, 0.2) is 0 Å². The molecule has 2 atom stereocenters. The van der Waals surface area contributed by atoms with Gasteiger partial charge in [-0.15, -0.1) is 10.2 Å². The van der Waals surface area contributed by atoms with Crippen molar-refractivity contribution in [2.75, 3.05) is 36.5 Å². The Morgan fingerprint density at radius 1 is 1.09 bits per heavy atom. The van der Waals surface area contributed by atoms with Crippen molar-refractivity contribution in [3.8, 4) is 0 Å². The van der Waals surface area contributed by atoms with Gasteiger partial charge in [0.2, 0.25) is 16.9 Å². The zero-order chi connectivity index (χ0) is 24.0. The largest absolute Gasteiger partial charge is 0.378 e. The zero-order valence-electron chi connectivity index (χ0n) is 20.3. The first-order valence-corrected chi connectivity index (χ1v) is 13.8. The van der Waals surface area contributed by atoms with Gasteiger partial charge in [0.05, 0.1) is 12.0 Å². The van der Waals surface area contributed by atoms with Crippen molar-refractivity contribution in [3.63, 3.8) is 0 Å². The number of carbonyl (C=O) groups excluding carboxylic acids is 2. The van der Waals surface area contributed by atoms with E-state index in [0.29, 0.717) is 17.8 Å². The normalized spacial score (nSPS) is 23.5. The maximum absolute atomic E-state index is 12.9. The van der Waals surface area contributed by atoms with E-state index in [1.54, 1.807) is 4.90 Å². The topological polar surface area (TPSA) is 87.7 Å². The molecule has 2 aromatic rings. The van der Waals surface area contributed by atoms with Gasteiger partial charge in [0.25, 0.3) is 0 Å². The summed E-state index contributed by atoms with van der Waals surface area (Å²) in [5, 5.41) is 12.7. The Morgan fingerprint density at radius 3 is 2.69 bits per heavy atom. The maximum atomic E-state index is 12.9. The predicted octanol–water partition coefficient (Wildman–Crippen LogP) is 4.02. The van der Waals surface area contributed by atoms with Gasteiger partial charge in [-0.1, -0.05) is 29.9 Å². The summed E-state index contributed by atoms with van der Waals surface area (Å²) in [4.78, 5) is 29.7. The fraction of sp³-hybridized carbons (Fsp3) is 0.615. The number of likely N-dealkylation sites (tertiary alicyclic amines) is 1. The van der Waals surface area contributed by atoms with Crippen LogP contribution in [0.2, 0.25) is 0 Å². The molecule has 0 bridgehead atoms. The highest BCUT2D eigenvalue weighted by Gasteiger charge is 2.35. The van der Waals surface area contributed by atoms with Crippen molar-refractivity contribution in [3.05, 3.63) is 34.8 Å². The molecule has 1 aromatic carbocycles. The molecule has 9 heteroatoms. The number of piperidine rings is 1. The summed E-state index contributed by atoms with van der Waals surface area (Å²) >= 11 is 1.41. The van der Waals surface area contributed by atoms with Crippen molar-refractivity contribution < 1.29 is 14.3 Å². The van der Waals surface area contributed by atoms with Crippen LogP contribution in [-0.2, 0) is 27.3 Å². The molecule has 3 fully saturated rings. The van der Waals surface area contributed by atoms with Crippen LogP contribution in [0, 0.1) is 5.92 Å². The number of anilines is 2. The minimum absolute atomic E-state index is 0.0145. The quantitative estimate of drug-likeness (QED) is 0.593. The lowest BCUT2D eigenvalue weighted by atomic mass is 10.1. The monoisotopic (exact) mass is 497 g/mol. The van der Waals surface area contributed by atoms with Crippen LogP contribution in [0.4, 0.5) is 10.8 Å². The fourth-order valence-electron chi connectivity index (χ4n) is 5.22. The lowest BCUT2D eigenvalue weighted by Gasteiger charge is -2.26. The fourth-order valence-corrected chi connectivity index (χ4v) is 5.98. The van der Waals surface area contributed by atoms with Crippen LogP contribution in [0.25, 0.3) is 0 Å². The van der Waals surface area contributed by atoms with E-state index in [2.05, 4.69) is 32.5 Å². The van der Waals surface area contributed by atoms with Gasteiger partial charge in [-0.3, -0.25) is 14.5 Å². The number of hydrogen-bond donors (Lipinski definition) is 1. The second kappa shape index (κ2) is 11.6. The van der Waals surface area contributed by atoms with Crippen LogP contribution in [-0.4, -0.2) is 59.3 Å². The summed E-state index contributed by atoms with van der Waals surface area (Å²) in [7, 11) is 0. The van der Waals surface area contributed by atoms with E-state index in [-0.39, 0.29) is 18.2 Å². The van der Waals surface area contributed by atoms with Crippen molar-refractivity contribution in [2.24, 2.45) is 5.92 Å². The average Bonchev–Trinajstić information content (AvgIpc) is 3.51. The number of rotatable bonds is 8. The first-order valence-electron chi connectivity index (χ1n) is 13.0. The molecular weight excluding hydrogens is 462 g/mol. The van der Waals surface area contributed by atoms with E-state index in [1.807, 2.05) is 12.1 Å². The van der Waals surface area contributed by atoms with Crippen LogP contribution in [0.1, 0.15) is 61.9 Å². The number of amides is 2. The molecule has 188 valence electrons. The Labute approximate surface area is 211 Å². The molecule has 8 nitrogen and oxygen atoms in total. The third kappa shape index (κ3) is 6.45. The number of aryl methyl sites for hydroxylation is 1. The molecule has 2 amide bonds. The smallest absolute Gasteiger partial charge is 0.231 e. The van der Waals surface area contributed by atoms with E-state index >= 15 is 0 Å². The maximum Gasteiger partial charge on any atom is 0.231 e. The van der Waals surface area contributed by atoms with Crippen molar-refractivity contribution in [1.29, 1.82) is 0 Å². The highest BCUT2D eigenvalue weighted by atomic mass is 32.1. The van der Waals surface area contributed by atoms with Crippen LogP contribution in [0.3, 0.4) is 0 Å². The lowest BCUT2D eigenvalue weighted by molar-refractivity contribution is -0.122. The van der Waals surface area contributed by atoms with Gasteiger partial charge in [-0.2, -0.15) is 0 Å². The van der Waals surface area contributed by atoms with Gasteiger partial charge in [-0.25, -0.2) is 0 Å². The second-order valence-corrected chi connectivity index (χ2v) is 11.0. The zero-order valence-corrected chi connectivity index (χ0v) is 21.1. The summed E-state index contributed by atoms with van der Waals surface area (Å²) in [6.45, 7) is 4.52. The molecule has 1 unspecified atom stereocenters. The van der Waals surface area contributed by atoms with Gasteiger partial charge >= 0.3 is 0 Å². The standard InChI is InChI=1S/C26H35N5O3S/c32-24-16-20(18-31(24)21-9-7-19(8-10-21)17-30-13-3-1-4-14-30)25(33)27-26-29-28-23(35-26)12-11-22-6-2-5-15-34-22/h7-10,20,22H,1-6,11-18H2,(H,27,29,33)/t20-,22?/m0/s1. The van der Waals surface area contributed by atoms with Gasteiger partial charge in [0.1, 0.15) is 5.01 Å². The van der Waals surface area contributed by atoms with Crippen molar-refractivity contribution >= 4 is 34.0 Å². The minimum atomic E-state index is -0.390. The van der Waals surface area contributed by atoms with Crippen molar-refractivity contribution in [1.82, 2.24) is 15.1 Å². The summed E-state index contributed by atoms with van der Waals surface area (Å²) in [6.07, 6.45) is 9.63. The van der Waals surface area contributed by atoms with Crippen LogP contribution >= 0.6 is 11.3 Å². The number of hydrogen-bond acceptors (Lipinski definition) is 7. The number of carbonyl (C=O) groups is 2. The molecule has 1 aromatic heterocycles. The second-order valence-electron chi connectivity index (χ2n) is 9.93. The number of benzene rings is 1. The Balaban J connectivity index is 1.11. The molecule has 0 radical (unpaired) electrons. The molecule has 4 heterocycles. The molecule has 1 N–H and O–H groups in total. The third-order valence-corrected chi connectivity index (χ3v) is 8.15. The minimum Gasteiger partial charge on any atom is -0.378 e. The number of ether oxygens (including phenoxy) is 1. The van der Waals surface area contributed by atoms with E-state index in [9.17, 15) is 9.59 Å². The lowest BCUT2D eigenvalue weighted by Crippen LogP contribution is -2.29. The molecule has 0 spiro atoms. The Bertz CT molecular complexity index is 999. The summed E-state index contributed by atoms with van der Waals surface area (Å²) in [5.74, 6) is -0.571. The Hall–Kier alpha value is -2.36.